The second-order valence-electron chi connectivity index (χ2n) is 6.25. The van der Waals surface area contributed by atoms with E-state index in [1.54, 1.807) is 18.4 Å². The molecule has 0 saturated carbocycles. The Morgan fingerprint density at radius 1 is 1.15 bits per heavy atom. The Morgan fingerprint density at radius 3 is 2.63 bits per heavy atom. The molecule has 1 aromatic carbocycles. The highest BCUT2D eigenvalue weighted by molar-refractivity contribution is 14.0. The number of aromatic nitrogens is 3. The lowest BCUT2D eigenvalue weighted by molar-refractivity contribution is 0.624. The van der Waals surface area contributed by atoms with Crippen molar-refractivity contribution in [3.63, 3.8) is 0 Å². The standard InChI is InChI=1S/C19H26N6S.HI/c1-13-14(2)26-18(23-13)12-22-19(20-4)21-10-7-11-25-15(3)24-16-8-5-6-9-17(16)25;/h5-6,8-9H,7,10-12H2,1-4H3,(H2,20,21,22);1H. The predicted molar refractivity (Wildman–Crippen MR) is 124 cm³/mol. The van der Waals surface area contributed by atoms with Crippen LogP contribution in [0.5, 0.6) is 0 Å². The SMILES string of the molecule is CN=C(NCCCn1c(C)nc2ccccc21)NCc1nc(C)c(C)s1.I. The highest BCUT2D eigenvalue weighted by Crippen LogP contribution is 2.16. The minimum absolute atomic E-state index is 0. The Labute approximate surface area is 181 Å². The zero-order valence-corrected chi connectivity index (χ0v) is 19.4. The van der Waals surface area contributed by atoms with E-state index < -0.39 is 0 Å². The van der Waals surface area contributed by atoms with Crippen LogP contribution in [0, 0.1) is 20.8 Å². The number of nitrogens with one attached hydrogen (secondary N) is 2. The van der Waals surface area contributed by atoms with Gasteiger partial charge in [0.05, 0.1) is 23.3 Å². The molecule has 3 rings (SSSR count). The zero-order valence-electron chi connectivity index (χ0n) is 16.2. The predicted octanol–water partition coefficient (Wildman–Crippen LogP) is 3.79. The number of thiazole rings is 1. The van der Waals surface area contributed by atoms with Gasteiger partial charge in [-0.2, -0.15) is 0 Å². The van der Waals surface area contributed by atoms with Crippen molar-refractivity contribution in [3.05, 3.63) is 45.7 Å². The maximum atomic E-state index is 4.62. The summed E-state index contributed by atoms with van der Waals surface area (Å²) >= 11 is 1.73. The fourth-order valence-corrected chi connectivity index (χ4v) is 3.79. The van der Waals surface area contributed by atoms with Gasteiger partial charge in [-0.3, -0.25) is 4.99 Å². The van der Waals surface area contributed by atoms with E-state index >= 15 is 0 Å². The molecule has 0 spiro atoms. The molecule has 0 saturated heterocycles. The van der Waals surface area contributed by atoms with Crippen molar-refractivity contribution in [3.8, 4) is 0 Å². The third-order valence-corrected chi connectivity index (χ3v) is 5.47. The number of aryl methyl sites for hydroxylation is 4. The average molecular weight is 498 g/mol. The molecule has 2 heterocycles. The van der Waals surface area contributed by atoms with E-state index in [4.69, 9.17) is 0 Å². The van der Waals surface area contributed by atoms with Gasteiger partial charge in [-0.1, -0.05) is 12.1 Å². The van der Waals surface area contributed by atoms with Crippen LogP contribution in [-0.4, -0.2) is 34.1 Å². The monoisotopic (exact) mass is 498 g/mol. The number of guanidine groups is 1. The van der Waals surface area contributed by atoms with Crippen LogP contribution >= 0.6 is 35.3 Å². The Hall–Kier alpha value is -1.68. The fraction of sp³-hybridized carbons (Fsp3) is 0.421. The lowest BCUT2D eigenvalue weighted by atomic mass is 10.3. The summed E-state index contributed by atoms with van der Waals surface area (Å²) in [6, 6.07) is 8.28. The molecular weight excluding hydrogens is 471 g/mol. The summed E-state index contributed by atoms with van der Waals surface area (Å²) in [5, 5.41) is 7.79. The quantitative estimate of drug-likeness (QED) is 0.235. The molecular formula is C19H27IN6S. The van der Waals surface area contributed by atoms with Crippen molar-refractivity contribution in [2.45, 2.75) is 40.3 Å². The maximum Gasteiger partial charge on any atom is 0.191 e. The fourth-order valence-electron chi connectivity index (χ4n) is 2.92. The zero-order chi connectivity index (χ0) is 18.5. The number of hydrogen-bond acceptors (Lipinski definition) is 4. The Morgan fingerprint density at radius 2 is 1.93 bits per heavy atom. The van der Waals surface area contributed by atoms with Gasteiger partial charge in [-0.15, -0.1) is 35.3 Å². The van der Waals surface area contributed by atoms with Gasteiger partial charge in [-0.05, 0) is 39.3 Å². The first-order valence-corrected chi connectivity index (χ1v) is 9.69. The van der Waals surface area contributed by atoms with Crippen molar-refractivity contribution in [2.75, 3.05) is 13.6 Å². The van der Waals surface area contributed by atoms with Crippen molar-refractivity contribution in [1.29, 1.82) is 0 Å². The number of halogens is 1. The molecule has 27 heavy (non-hydrogen) atoms. The minimum Gasteiger partial charge on any atom is -0.356 e. The van der Waals surface area contributed by atoms with E-state index in [1.165, 1.54) is 10.4 Å². The van der Waals surface area contributed by atoms with Crippen molar-refractivity contribution < 1.29 is 0 Å². The maximum absolute atomic E-state index is 4.62. The summed E-state index contributed by atoms with van der Waals surface area (Å²) in [6.45, 7) is 8.69. The summed E-state index contributed by atoms with van der Waals surface area (Å²) in [6.07, 6.45) is 0.997. The van der Waals surface area contributed by atoms with Gasteiger partial charge in [-0.25, -0.2) is 9.97 Å². The number of fused-ring (bicyclic) bond motifs is 1. The van der Waals surface area contributed by atoms with Crippen molar-refractivity contribution >= 4 is 52.3 Å². The lowest BCUT2D eigenvalue weighted by Crippen LogP contribution is -2.37. The van der Waals surface area contributed by atoms with E-state index in [2.05, 4.69) is 62.2 Å². The molecule has 0 aliphatic heterocycles. The van der Waals surface area contributed by atoms with Crippen LogP contribution in [-0.2, 0) is 13.1 Å². The van der Waals surface area contributed by atoms with Crippen molar-refractivity contribution in [1.82, 2.24) is 25.2 Å². The third-order valence-electron chi connectivity index (χ3n) is 4.40. The van der Waals surface area contributed by atoms with Gasteiger partial charge >= 0.3 is 0 Å². The van der Waals surface area contributed by atoms with E-state index in [-0.39, 0.29) is 24.0 Å². The smallest absolute Gasteiger partial charge is 0.191 e. The van der Waals surface area contributed by atoms with Crippen LogP contribution in [0.25, 0.3) is 11.0 Å². The number of imidazole rings is 1. The molecule has 146 valence electrons. The highest BCUT2D eigenvalue weighted by Gasteiger charge is 2.07. The molecule has 2 aromatic heterocycles. The first kappa shape index (κ1) is 21.6. The topological polar surface area (TPSA) is 67.1 Å². The van der Waals surface area contributed by atoms with Gasteiger partial charge < -0.3 is 15.2 Å². The number of para-hydroxylation sites is 2. The highest BCUT2D eigenvalue weighted by atomic mass is 127. The number of benzene rings is 1. The Balaban J connectivity index is 0.00000261. The summed E-state index contributed by atoms with van der Waals surface area (Å²) in [5.74, 6) is 1.87. The summed E-state index contributed by atoms with van der Waals surface area (Å²) in [5.41, 5.74) is 3.36. The molecule has 0 aliphatic carbocycles. The van der Waals surface area contributed by atoms with E-state index in [9.17, 15) is 0 Å². The molecule has 8 heteroatoms. The lowest BCUT2D eigenvalue weighted by Gasteiger charge is -2.12. The molecule has 3 aromatic rings. The van der Waals surface area contributed by atoms with Gasteiger partial charge in [0.25, 0.3) is 0 Å². The van der Waals surface area contributed by atoms with Crippen LogP contribution in [0.3, 0.4) is 0 Å². The van der Waals surface area contributed by atoms with Gasteiger partial charge in [0.1, 0.15) is 10.8 Å². The first-order valence-electron chi connectivity index (χ1n) is 8.87. The molecule has 0 aliphatic rings. The molecule has 0 amide bonds. The van der Waals surface area contributed by atoms with E-state index in [1.807, 2.05) is 13.0 Å². The van der Waals surface area contributed by atoms with Gasteiger partial charge in [0.2, 0.25) is 0 Å². The Kier molecular flexibility index (Phi) is 8.03. The van der Waals surface area contributed by atoms with Gasteiger partial charge in [0.15, 0.2) is 5.96 Å². The molecule has 2 N–H and O–H groups in total. The molecule has 0 fully saturated rings. The average Bonchev–Trinajstić information content (AvgIpc) is 3.13. The van der Waals surface area contributed by atoms with Crippen LogP contribution in [0.2, 0.25) is 0 Å². The second kappa shape index (κ2) is 10.0. The van der Waals surface area contributed by atoms with Crippen LogP contribution in [0.15, 0.2) is 29.3 Å². The molecule has 0 radical (unpaired) electrons. The number of aliphatic imine (C=N–C) groups is 1. The molecule has 0 atom stereocenters. The third kappa shape index (κ3) is 5.41. The minimum atomic E-state index is 0. The summed E-state index contributed by atoms with van der Waals surface area (Å²) in [4.78, 5) is 14.7. The molecule has 0 bridgehead atoms. The van der Waals surface area contributed by atoms with Crippen LogP contribution < -0.4 is 10.6 Å². The van der Waals surface area contributed by atoms with E-state index in [0.29, 0.717) is 6.54 Å². The van der Waals surface area contributed by atoms with E-state index in [0.717, 1.165) is 47.5 Å². The largest absolute Gasteiger partial charge is 0.356 e. The summed E-state index contributed by atoms with van der Waals surface area (Å²) < 4.78 is 2.27. The van der Waals surface area contributed by atoms with Crippen molar-refractivity contribution in [2.24, 2.45) is 4.99 Å². The summed E-state index contributed by atoms with van der Waals surface area (Å²) in [7, 11) is 1.79. The normalized spacial score (nSPS) is 11.5. The number of nitrogens with zero attached hydrogens (tertiary/aromatic N) is 4. The second-order valence-corrected chi connectivity index (χ2v) is 7.54. The first-order chi connectivity index (χ1) is 12.6. The van der Waals surface area contributed by atoms with Crippen LogP contribution in [0.1, 0.15) is 27.8 Å². The van der Waals surface area contributed by atoms with Crippen LogP contribution in [0.4, 0.5) is 0 Å². The number of rotatable bonds is 6. The Bertz CT molecular complexity index is 895. The molecule has 6 nitrogen and oxygen atoms in total. The molecule has 0 unspecified atom stereocenters. The van der Waals surface area contributed by atoms with Gasteiger partial charge in [0, 0.05) is 25.0 Å². The number of hydrogen-bond donors (Lipinski definition) is 2.